The van der Waals surface area contributed by atoms with Crippen LogP contribution < -0.4 is 18.4 Å². The van der Waals surface area contributed by atoms with E-state index in [1.165, 1.54) is 55.9 Å². The molecular formula is C29H27Cl2F2NO9S2. The molecular weight excluding hydrogens is 679 g/mol. The predicted molar refractivity (Wildman–Crippen MR) is 163 cm³/mol. The second kappa shape index (κ2) is 15.3. The van der Waals surface area contributed by atoms with Crippen molar-refractivity contribution < 1.29 is 49.9 Å². The number of pyridine rings is 1. The molecule has 3 aromatic rings. The highest BCUT2D eigenvalue weighted by Crippen LogP contribution is 2.38. The fourth-order valence-electron chi connectivity index (χ4n) is 4.00. The van der Waals surface area contributed by atoms with Crippen molar-refractivity contribution in [3.05, 3.63) is 75.5 Å². The summed E-state index contributed by atoms with van der Waals surface area (Å²) < 4.78 is 75.5. The number of halogens is 4. The fourth-order valence-corrected chi connectivity index (χ4v) is 5.59. The van der Waals surface area contributed by atoms with E-state index in [0.29, 0.717) is 35.4 Å². The average Bonchev–Trinajstić information content (AvgIpc) is 3.80. The number of alkyl halides is 2. The minimum Gasteiger partial charge on any atom is -0.493 e. The van der Waals surface area contributed by atoms with Gasteiger partial charge in [0.25, 0.3) is 0 Å². The molecule has 1 aliphatic rings. The van der Waals surface area contributed by atoms with E-state index < -0.39 is 39.7 Å². The van der Waals surface area contributed by atoms with Gasteiger partial charge < -0.3 is 23.1 Å². The molecule has 10 nitrogen and oxygen atoms in total. The number of aromatic nitrogens is 1. The molecule has 0 spiro atoms. The first-order chi connectivity index (χ1) is 21.3. The van der Waals surface area contributed by atoms with Crippen molar-refractivity contribution in [1.82, 2.24) is 4.98 Å². The third-order valence-electron chi connectivity index (χ3n) is 6.30. The molecule has 242 valence electrons. The van der Waals surface area contributed by atoms with Crippen LogP contribution in [0.5, 0.6) is 23.0 Å². The first-order valence-corrected chi connectivity index (χ1v) is 16.8. The molecule has 4 rings (SSSR count). The van der Waals surface area contributed by atoms with Gasteiger partial charge in [0.1, 0.15) is 6.10 Å². The van der Waals surface area contributed by atoms with E-state index in [4.69, 9.17) is 41.6 Å². The quantitative estimate of drug-likeness (QED) is 0.127. The Labute approximate surface area is 272 Å². The van der Waals surface area contributed by atoms with Gasteiger partial charge in [-0.15, -0.1) is 0 Å². The van der Waals surface area contributed by atoms with Crippen molar-refractivity contribution in [1.29, 1.82) is 0 Å². The van der Waals surface area contributed by atoms with Crippen LogP contribution in [0.1, 0.15) is 40.4 Å². The number of rotatable bonds is 15. The van der Waals surface area contributed by atoms with E-state index >= 15 is 0 Å². The zero-order chi connectivity index (χ0) is 32.7. The summed E-state index contributed by atoms with van der Waals surface area (Å²) in [7, 11) is -2.61. The number of carbonyl (C=O) groups is 2. The summed E-state index contributed by atoms with van der Waals surface area (Å²) in [5.74, 6) is -1.16. The average molecular weight is 707 g/mol. The molecule has 0 bridgehead atoms. The third-order valence-corrected chi connectivity index (χ3v) is 8.32. The van der Waals surface area contributed by atoms with Crippen LogP contribution in [0.4, 0.5) is 8.78 Å². The lowest BCUT2D eigenvalue weighted by molar-refractivity contribution is -0.146. The van der Waals surface area contributed by atoms with Crippen LogP contribution in [0.3, 0.4) is 0 Å². The lowest BCUT2D eigenvalue weighted by atomic mass is 10.0. The minimum absolute atomic E-state index is 0.0215. The number of carbonyl (C=O) groups excluding carboxylic acids is 2. The smallest absolute Gasteiger partial charge is 0.387 e. The largest absolute Gasteiger partial charge is 0.493 e. The highest BCUT2D eigenvalue weighted by atomic mass is 35.5. The number of ether oxygens (including phenoxy) is 4. The summed E-state index contributed by atoms with van der Waals surface area (Å²) in [6.45, 7) is -2.78. The zero-order valence-corrected chi connectivity index (χ0v) is 27.0. The minimum atomic E-state index is -3.92. The van der Waals surface area contributed by atoms with Gasteiger partial charge in [0.2, 0.25) is 5.12 Å². The third kappa shape index (κ3) is 10.3. The fraction of sp³-hybridized carbons (Fsp3) is 0.345. The Bertz CT molecular complexity index is 1640. The summed E-state index contributed by atoms with van der Waals surface area (Å²) in [5, 5.41) is -0.154. The summed E-state index contributed by atoms with van der Waals surface area (Å²) in [6, 6.07) is 8.11. The lowest BCUT2D eigenvalue weighted by Gasteiger charge is -2.21. The van der Waals surface area contributed by atoms with E-state index in [9.17, 15) is 26.8 Å². The maximum atomic E-state index is 13.1. The topological polar surface area (TPSA) is 127 Å². The summed E-state index contributed by atoms with van der Waals surface area (Å²) in [4.78, 5) is 29.9. The SMILES string of the molecule is COc1ccc(C(=O)SCC(=O)O[C@@H](Cc2c(Cl)cncc2Cl)c2ccc(OC(F)F)c(OCC3CC3)c2)cc1OS(C)(=O)=O. The lowest BCUT2D eigenvalue weighted by Crippen LogP contribution is -2.17. The van der Waals surface area contributed by atoms with Crippen LogP contribution >= 0.6 is 35.0 Å². The first-order valence-electron chi connectivity index (χ1n) is 13.3. The van der Waals surface area contributed by atoms with Crippen LogP contribution in [0, 0.1) is 5.92 Å². The van der Waals surface area contributed by atoms with Gasteiger partial charge in [-0.3, -0.25) is 14.6 Å². The van der Waals surface area contributed by atoms with Crippen LogP contribution in [0.25, 0.3) is 0 Å². The van der Waals surface area contributed by atoms with Crippen molar-refractivity contribution in [3.8, 4) is 23.0 Å². The molecule has 1 aliphatic carbocycles. The molecule has 0 N–H and O–H groups in total. The molecule has 2 aromatic carbocycles. The first kappa shape index (κ1) is 34.5. The zero-order valence-electron chi connectivity index (χ0n) is 23.8. The molecule has 0 aliphatic heterocycles. The number of thioether (sulfide) groups is 1. The Kier molecular flexibility index (Phi) is 11.7. The molecule has 0 radical (unpaired) electrons. The Morgan fingerprint density at radius 2 is 1.71 bits per heavy atom. The number of hydrogen-bond acceptors (Lipinski definition) is 11. The van der Waals surface area contributed by atoms with Crippen molar-refractivity contribution in [2.45, 2.75) is 32.0 Å². The second-order valence-electron chi connectivity index (χ2n) is 9.83. The van der Waals surface area contributed by atoms with Crippen LogP contribution in [0.2, 0.25) is 10.0 Å². The van der Waals surface area contributed by atoms with E-state index in [1.807, 2.05) is 0 Å². The van der Waals surface area contributed by atoms with Crippen molar-refractivity contribution in [2.75, 3.05) is 25.7 Å². The summed E-state index contributed by atoms with van der Waals surface area (Å²) in [6.07, 6.45) is 4.45. The van der Waals surface area contributed by atoms with Gasteiger partial charge in [0.05, 0.1) is 35.8 Å². The number of methoxy groups -OCH3 is 1. The van der Waals surface area contributed by atoms with E-state index in [1.54, 1.807) is 0 Å². The molecule has 0 amide bonds. The maximum absolute atomic E-state index is 13.1. The van der Waals surface area contributed by atoms with Gasteiger partial charge in [-0.25, -0.2) is 0 Å². The number of benzene rings is 2. The van der Waals surface area contributed by atoms with Gasteiger partial charge in [-0.05, 0) is 60.2 Å². The van der Waals surface area contributed by atoms with Crippen LogP contribution in [-0.4, -0.2) is 56.8 Å². The number of nitrogens with zero attached hydrogens (tertiary/aromatic N) is 1. The van der Waals surface area contributed by atoms with Gasteiger partial charge in [0, 0.05) is 24.4 Å². The molecule has 0 saturated heterocycles. The van der Waals surface area contributed by atoms with Gasteiger partial charge in [-0.2, -0.15) is 17.2 Å². The highest BCUT2D eigenvalue weighted by Gasteiger charge is 2.26. The van der Waals surface area contributed by atoms with E-state index in [2.05, 4.69) is 9.72 Å². The van der Waals surface area contributed by atoms with Crippen molar-refractivity contribution >= 4 is 56.2 Å². The highest BCUT2D eigenvalue weighted by molar-refractivity contribution is 8.14. The Hall–Kier alpha value is -3.33. The normalized spacial score (nSPS) is 13.7. The number of hydrogen-bond donors (Lipinski definition) is 0. The Morgan fingerprint density at radius 3 is 2.33 bits per heavy atom. The molecule has 1 atom stereocenters. The van der Waals surface area contributed by atoms with Crippen LogP contribution in [0.15, 0.2) is 48.8 Å². The van der Waals surface area contributed by atoms with Crippen molar-refractivity contribution in [2.24, 2.45) is 5.92 Å². The molecule has 1 fully saturated rings. The molecule has 0 unspecified atom stereocenters. The van der Waals surface area contributed by atoms with Gasteiger partial charge in [0.15, 0.2) is 23.0 Å². The van der Waals surface area contributed by atoms with Gasteiger partial charge >= 0.3 is 22.7 Å². The molecule has 16 heteroatoms. The standard InChI is InChI=1S/C29H27Cl2F2NO9S2/c1-39-22-7-6-18(10-26(22)43-45(2,37)38)28(36)44-15-27(35)41-24(11-19-20(30)12-34-13-21(19)31)17-5-8-23(42-29(32)33)25(9-17)40-14-16-3-4-16/h5-10,12-13,16,24,29H,3-4,11,14-15H2,1-2H3/t24-/m0/s1. The molecule has 1 aromatic heterocycles. The van der Waals surface area contributed by atoms with Crippen molar-refractivity contribution in [3.63, 3.8) is 0 Å². The summed E-state index contributed by atoms with van der Waals surface area (Å²) in [5.41, 5.74) is 0.833. The molecule has 1 saturated carbocycles. The monoisotopic (exact) mass is 705 g/mol. The van der Waals surface area contributed by atoms with Gasteiger partial charge in [-0.1, -0.05) is 41.0 Å². The maximum Gasteiger partial charge on any atom is 0.387 e. The van der Waals surface area contributed by atoms with Crippen LogP contribution in [-0.2, 0) is 26.1 Å². The summed E-state index contributed by atoms with van der Waals surface area (Å²) >= 11 is 13.3. The Morgan fingerprint density at radius 1 is 1.02 bits per heavy atom. The number of esters is 1. The second-order valence-corrected chi connectivity index (χ2v) is 13.2. The van der Waals surface area contributed by atoms with E-state index in [-0.39, 0.29) is 45.0 Å². The molecule has 45 heavy (non-hydrogen) atoms. The predicted octanol–water partition coefficient (Wildman–Crippen LogP) is 6.53. The molecule has 1 heterocycles. The van der Waals surface area contributed by atoms with E-state index in [0.717, 1.165) is 19.1 Å². The Balaban J connectivity index is 1.54.